The molecule has 0 amide bonds. The minimum atomic E-state index is -2.29. The summed E-state index contributed by atoms with van der Waals surface area (Å²) in [6.45, 7) is 0. The van der Waals surface area contributed by atoms with Crippen molar-refractivity contribution in [2.24, 2.45) is 0 Å². The summed E-state index contributed by atoms with van der Waals surface area (Å²) in [5.41, 5.74) is 0. The third-order valence-corrected chi connectivity index (χ3v) is 5.45. The molecule has 0 fully saturated rings. The molecule has 1 rings (SSSR count). The number of halogens is 1. The van der Waals surface area contributed by atoms with Crippen molar-refractivity contribution in [2.75, 3.05) is 0 Å². The molecule has 0 bridgehead atoms. The molecular weight excluding hydrogens is 182 g/mol. The van der Waals surface area contributed by atoms with Gasteiger partial charge in [-0.2, -0.15) is 0 Å². The summed E-state index contributed by atoms with van der Waals surface area (Å²) in [6, 6.07) is 0. The Morgan fingerprint density at radius 1 is 1.67 bits per heavy atom. The van der Waals surface area contributed by atoms with Crippen LogP contribution in [-0.4, -0.2) is 22.0 Å². The predicted molar refractivity (Wildman–Crippen MR) is 25.4 cm³/mol. The second-order valence-corrected chi connectivity index (χ2v) is 7.21. The van der Waals surface area contributed by atoms with E-state index in [4.69, 9.17) is 0 Å². The molecule has 1 aliphatic rings. The Bertz CT molecular complexity index is 69.9. The van der Waals surface area contributed by atoms with Gasteiger partial charge in [-0.05, 0) is 0 Å². The average molecular weight is 188 g/mol. The molecule has 6 heavy (non-hydrogen) atoms. The van der Waals surface area contributed by atoms with Gasteiger partial charge in [0, 0.05) is 0 Å². The Labute approximate surface area is 45.4 Å². The van der Waals surface area contributed by atoms with Crippen LogP contribution in [0, 0.1) is 0 Å². The first kappa shape index (κ1) is 4.69. The van der Waals surface area contributed by atoms with Gasteiger partial charge in [-0.3, -0.25) is 0 Å². The number of allylic oxidation sites excluding steroid dienone is 1. The van der Waals surface area contributed by atoms with Gasteiger partial charge in [0.2, 0.25) is 0 Å². The molecule has 0 aromatic carbocycles. The fourth-order valence-corrected chi connectivity index (χ4v) is 4.00. The Kier molecular flexibility index (Phi) is 1.57. The molecule has 0 saturated carbocycles. The van der Waals surface area contributed by atoms with Crippen molar-refractivity contribution in [2.45, 2.75) is 10.6 Å². The van der Waals surface area contributed by atoms with Crippen molar-refractivity contribution in [3.8, 4) is 0 Å². The van der Waals surface area contributed by atoms with Crippen molar-refractivity contribution in [1.82, 2.24) is 0 Å². The number of hydrogen-bond acceptors (Lipinski definition) is 0. The van der Waals surface area contributed by atoms with Gasteiger partial charge in [0.25, 0.3) is 0 Å². The van der Waals surface area contributed by atoms with Gasteiger partial charge >= 0.3 is 45.2 Å². The van der Waals surface area contributed by atoms with Crippen molar-refractivity contribution >= 4 is 22.0 Å². The van der Waals surface area contributed by atoms with Crippen LogP contribution in [0.2, 0.25) is 4.18 Å². The molecule has 0 saturated heterocycles. The Balaban J connectivity index is 2.38. The van der Waals surface area contributed by atoms with Crippen LogP contribution in [0.3, 0.4) is 0 Å². The van der Waals surface area contributed by atoms with E-state index in [1.807, 2.05) is 9.91 Å². The van der Waals surface area contributed by atoms with E-state index in [-0.39, 0.29) is 0 Å². The van der Waals surface area contributed by atoms with Crippen LogP contribution in [0.5, 0.6) is 0 Å². The van der Waals surface area contributed by atoms with Crippen LogP contribution in [0.4, 0.5) is 2.66 Å². The van der Waals surface area contributed by atoms with E-state index in [1.54, 1.807) is 0 Å². The molecule has 0 radical (unpaired) electrons. The first-order chi connectivity index (χ1) is 2.89. The summed E-state index contributed by atoms with van der Waals surface area (Å²) < 4.78 is 14.8. The van der Waals surface area contributed by atoms with E-state index in [2.05, 4.69) is 0 Å². The van der Waals surface area contributed by atoms with Crippen LogP contribution < -0.4 is 0 Å². The minimum absolute atomic E-state index is 0.918. The molecule has 0 aromatic rings. The SMILES string of the molecule is [F][In]1[CH]=CC[CH2]1. The monoisotopic (exact) mass is 188 g/mol. The van der Waals surface area contributed by atoms with Gasteiger partial charge in [-0.1, -0.05) is 0 Å². The Morgan fingerprint density at radius 3 is 2.67 bits per heavy atom. The summed E-state index contributed by atoms with van der Waals surface area (Å²) in [5, 5.41) is 0. The molecule has 1 aliphatic heterocycles. The molecule has 0 atom stereocenters. The predicted octanol–water partition coefficient (Wildman–Crippen LogP) is 1.45. The maximum atomic E-state index is 12.0. The van der Waals surface area contributed by atoms with E-state index in [1.165, 1.54) is 0 Å². The first-order valence-electron chi connectivity index (χ1n) is 2.20. The van der Waals surface area contributed by atoms with Gasteiger partial charge < -0.3 is 0 Å². The van der Waals surface area contributed by atoms with Crippen LogP contribution in [0.1, 0.15) is 6.42 Å². The van der Waals surface area contributed by atoms with Crippen LogP contribution >= 0.6 is 0 Å². The summed E-state index contributed by atoms with van der Waals surface area (Å²) in [5.74, 6) is 0. The summed E-state index contributed by atoms with van der Waals surface area (Å²) in [6.07, 6.45) is 3.00. The van der Waals surface area contributed by atoms with Gasteiger partial charge in [0.05, 0.1) is 0 Å². The van der Waals surface area contributed by atoms with Crippen molar-refractivity contribution in [3.05, 3.63) is 9.91 Å². The second kappa shape index (κ2) is 2.01. The standard InChI is InChI=1S/C4H6.FH.In/c1-3-4-2;;/h1,3H,2,4H2;1H;/q;;+1/p-1. The average Bonchev–Trinajstić information content (AvgIpc) is 1.86. The third kappa shape index (κ3) is 1.00. The van der Waals surface area contributed by atoms with Crippen LogP contribution in [0.15, 0.2) is 9.91 Å². The molecule has 2 heteroatoms. The molecule has 0 nitrogen and oxygen atoms in total. The molecule has 1 heterocycles. The van der Waals surface area contributed by atoms with Gasteiger partial charge in [0.15, 0.2) is 0 Å². The zero-order valence-electron chi connectivity index (χ0n) is 3.52. The topological polar surface area (TPSA) is 0 Å². The van der Waals surface area contributed by atoms with E-state index in [9.17, 15) is 2.66 Å². The van der Waals surface area contributed by atoms with E-state index in [0.29, 0.717) is 0 Å². The molecule has 0 spiro atoms. The van der Waals surface area contributed by atoms with Crippen LogP contribution in [-0.2, 0) is 0 Å². The zero-order valence-corrected chi connectivity index (χ0v) is 6.82. The van der Waals surface area contributed by atoms with Gasteiger partial charge in [0.1, 0.15) is 0 Å². The molecule has 0 aliphatic carbocycles. The molecule has 32 valence electrons. The summed E-state index contributed by atoms with van der Waals surface area (Å²) >= 11 is -2.29. The van der Waals surface area contributed by atoms with Gasteiger partial charge in [-0.25, -0.2) is 0 Å². The zero-order chi connectivity index (χ0) is 4.41. The van der Waals surface area contributed by atoms with Crippen molar-refractivity contribution in [3.63, 3.8) is 0 Å². The van der Waals surface area contributed by atoms with E-state index >= 15 is 0 Å². The first-order valence-corrected chi connectivity index (χ1v) is 7.68. The molecule has 0 aromatic heterocycles. The van der Waals surface area contributed by atoms with Crippen LogP contribution in [0.25, 0.3) is 0 Å². The molecular formula is C4H6FIn. The van der Waals surface area contributed by atoms with Crippen molar-refractivity contribution in [1.29, 1.82) is 0 Å². The normalized spacial score (nSPS) is 19.8. The fraction of sp³-hybridized carbons (Fsp3) is 0.500. The van der Waals surface area contributed by atoms with Crippen molar-refractivity contribution < 1.29 is 2.66 Å². The Hall–Kier alpha value is 0.540. The maximum absolute atomic E-state index is 12.0. The number of hydrogen-bond donors (Lipinski definition) is 0. The van der Waals surface area contributed by atoms with E-state index < -0.39 is 22.0 Å². The third-order valence-electron chi connectivity index (χ3n) is 0.954. The molecule has 0 unspecified atom stereocenters. The number of rotatable bonds is 0. The van der Waals surface area contributed by atoms with E-state index in [0.717, 1.165) is 10.6 Å². The fourth-order valence-electron chi connectivity index (χ4n) is 0.596. The second-order valence-electron chi connectivity index (χ2n) is 1.52. The quantitative estimate of drug-likeness (QED) is 0.539. The summed E-state index contributed by atoms with van der Waals surface area (Å²) in [7, 11) is 0. The Morgan fingerprint density at radius 2 is 2.50 bits per heavy atom. The van der Waals surface area contributed by atoms with Gasteiger partial charge in [-0.15, -0.1) is 0 Å². The molecule has 0 N–H and O–H groups in total. The summed E-state index contributed by atoms with van der Waals surface area (Å²) in [4.78, 5) is 0.